The van der Waals surface area contributed by atoms with Gasteiger partial charge in [-0.05, 0) is 18.6 Å². The van der Waals surface area contributed by atoms with Crippen LogP contribution in [0, 0.1) is 23.5 Å². The number of amides is 2. The minimum absolute atomic E-state index is 0.0789. The van der Waals surface area contributed by atoms with Crippen LogP contribution in [-0.2, 0) is 14.3 Å². The van der Waals surface area contributed by atoms with Gasteiger partial charge in [-0.3, -0.25) is 14.5 Å². The number of carbonyl (C=O) groups is 2. The number of nitrogens with one attached hydrogen (secondary N) is 2. The molecular formula is C17H21F2N3O3. The number of halogens is 2. The van der Waals surface area contributed by atoms with Crippen molar-refractivity contribution in [2.24, 2.45) is 11.8 Å². The zero-order chi connectivity index (χ0) is 17.8. The van der Waals surface area contributed by atoms with Crippen LogP contribution in [0.2, 0.25) is 0 Å². The van der Waals surface area contributed by atoms with Crippen molar-refractivity contribution in [1.82, 2.24) is 10.2 Å². The number of rotatable bonds is 6. The summed E-state index contributed by atoms with van der Waals surface area (Å²) in [4.78, 5) is 26.3. The summed E-state index contributed by atoms with van der Waals surface area (Å²) in [6.07, 6.45) is 0.442. The molecule has 0 bridgehead atoms. The number of morpholine rings is 1. The highest BCUT2D eigenvalue weighted by molar-refractivity contribution is 5.99. The van der Waals surface area contributed by atoms with E-state index in [4.69, 9.17) is 4.74 Å². The molecule has 8 heteroatoms. The molecule has 0 spiro atoms. The van der Waals surface area contributed by atoms with Crippen molar-refractivity contribution in [3.05, 3.63) is 29.8 Å². The van der Waals surface area contributed by atoms with Gasteiger partial charge in [0.05, 0.1) is 30.7 Å². The summed E-state index contributed by atoms with van der Waals surface area (Å²) in [5.74, 6) is -2.96. The zero-order valence-electron chi connectivity index (χ0n) is 13.8. The lowest BCUT2D eigenvalue weighted by atomic mass is 10.2. The van der Waals surface area contributed by atoms with E-state index in [2.05, 4.69) is 15.5 Å². The van der Waals surface area contributed by atoms with Crippen LogP contribution in [-0.4, -0.2) is 56.1 Å². The largest absolute Gasteiger partial charge is 0.379 e. The van der Waals surface area contributed by atoms with Crippen molar-refractivity contribution in [1.29, 1.82) is 0 Å². The maximum atomic E-state index is 13.5. The molecule has 2 N–H and O–H groups in total. The zero-order valence-corrected chi connectivity index (χ0v) is 13.8. The Morgan fingerprint density at radius 2 is 1.88 bits per heavy atom. The summed E-state index contributed by atoms with van der Waals surface area (Å²) in [6, 6.07) is 2.95. The molecule has 2 aliphatic rings. The van der Waals surface area contributed by atoms with E-state index in [-0.39, 0.29) is 17.5 Å². The van der Waals surface area contributed by atoms with Crippen molar-refractivity contribution in [2.45, 2.75) is 6.42 Å². The Morgan fingerprint density at radius 3 is 2.60 bits per heavy atom. The molecule has 25 heavy (non-hydrogen) atoms. The summed E-state index contributed by atoms with van der Waals surface area (Å²) in [7, 11) is 0. The highest BCUT2D eigenvalue weighted by Crippen LogP contribution is 2.39. The number of hydrogen-bond acceptors (Lipinski definition) is 4. The topological polar surface area (TPSA) is 70.7 Å². The van der Waals surface area contributed by atoms with E-state index in [9.17, 15) is 18.4 Å². The lowest BCUT2D eigenvalue weighted by Gasteiger charge is -2.26. The molecule has 1 aliphatic heterocycles. The molecule has 2 atom stereocenters. The first-order chi connectivity index (χ1) is 12.0. The van der Waals surface area contributed by atoms with Gasteiger partial charge in [0.1, 0.15) is 11.6 Å². The molecule has 136 valence electrons. The van der Waals surface area contributed by atoms with Crippen LogP contribution >= 0.6 is 0 Å². The fraction of sp³-hybridized carbons (Fsp3) is 0.529. The molecule has 3 rings (SSSR count). The standard InChI is InChI=1S/C17H21F2N3O3/c18-11-1-2-15(14(19)9-11)21-17(24)13-10-12(13)16(23)20-3-4-22-5-7-25-8-6-22/h1-2,9,12-13H,3-8,10H2,(H,20,23)(H,21,24). The molecule has 1 aromatic carbocycles. The molecule has 0 aromatic heterocycles. The normalized spacial score (nSPS) is 23.1. The number of ether oxygens (including phenoxy) is 1. The quantitative estimate of drug-likeness (QED) is 0.800. The van der Waals surface area contributed by atoms with Crippen molar-refractivity contribution in [3.8, 4) is 0 Å². The Bertz CT molecular complexity index is 650. The second-order valence-electron chi connectivity index (χ2n) is 6.31. The first-order valence-electron chi connectivity index (χ1n) is 8.38. The Hall–Kier alpha value is -2.06. The lowest BCUT2D eigenvalue weighted by Crippen LogP contribution is -2.41. The Balaban J connectivity index is 1.40. The van der Waals surface area contributed by atoms with E-state index in [1.165, 1.54) is 6.07 Å². The van der Waals surface area contributed by atoms with Gasteiger partial charge in [0, 0.05) is 32.2 Å². The van der Waals surface area contributed by atoms with E-state index >= 15 is 0 Å². The predicted octanol–water partition coefficient (Wildman–Crippen LogP) is 0.988. The van der Waals surface area contributed by atoms with Crippen molar-refractivity contribution in [2.75, 3.05) is 44.7 Å². The van der Waals surface area contributed by atoms with Crippen molar-refractivity contribution in [3.63, 3.8) is 0 Å². The van der Waals surface area contributed by atoms with E-state index in [1.54, 1.807) is 0 Å². The number of hydrogen-bond donors (Lipinski definition) is 2. The highest BCUT2D eigenvalue weighted by atomic mass is 19.1. The van der Waals surface area contributed by atoms with Crippen LogP contribution in [0.25, 0.3) is 0 Å². The smallest absolute Gasteiger partial charge is 0.228 e. The summed E-state index contributed by atoms with van der Waals surface area (Å²) in [6.45, 7) is 4.40. The molecule has 1 aromatic rings. The van der Waals surface area contributed by atoms with Crippen LogP contribution in [0.1, 0.15) is 6.42 Å². The molecule has 1 aliphatic carbocycles. The highest BCUT2D eigenvalue weighted by Gasteiger charge is 2.48. The van der Waals surface area contributed by atoms with Crippen LogP contribution in [0.15, 0.2) is 18.2 Å². The molecule has 1 saturated carbocycles. The van der Waals surface area contributed by atoms with Gasteiger partial charge in [0.25, 0.3) is 0 Å². The molecule has 2 unspecified atom stereocenters. The van der Waals surface area contributed by atoms with Crippen LogP contribution in [0.3, 0.4) is 0 Å². The van der Waals surface area contributed by atoms with Crippen LogP contribution < -0.4 is 10.6 Å². The minimum Gasteiger partial charge on any atom is -0.379 e. The maximum Gasteiger partial charge on any atom is 0.228 e. The molecule has 1 saturated heterocycles. The van der Waals surface area contributed by atoms with Gasteiger partial charge in [-0.2, -0.15) is 0 Å². The molecule has 1 heterocycles. The molecular weight excluding hydrogens is 332 g/mol. The van der Waals surface area contributed by atoms with Gasteiger partial charge in [-0.1, -0.05) is 0 Å². The van der Waals surface area contributed by atoms with Crippen LogP contribution in [0.5, 0.6) is 0 Å². The van der Waals surface area contributed by atoms with Gasteiger partial charge in [0.2, 0.25) is 11.8 Å². The van der Waals surface area contributed by atoms with E-state index in [0.717, 1.165) is 25.7 Å². The van der Waals surface area contributed by atoms with E-state index in [1.807, 2.05) is 0 Å². The third-order valence-electron chi connectivity index (χ3n) is 4.48. The fourth-order valence-electron chi connectivity index (χ4n) is 2.88. The molecule has 0 radical (unpaired) electrons. The molecule has 2 fully saturated rings. The third-order valence-corrected chi connectivity index (χ3v) is 4.48. The monoisotopic (exact) mass is 353 g/mol. The minimum atomic E-state index is -0.833. The van der Waals surface area contributed by atoms with Crippen molar-refractivity contribution < 1.29 is 23.1 Å². The number of nitrogens with zero attached hydrogens (tertiary/aromatic N) is 1. The van der Waals surface area contributed by atoms with E-state index < -0.39 is 23.5 Å². The van der Waals surface area contributed by atoms with Gasteiger partial charge in [-0.25, -0.2) is 8.78 Å². The second-order valence-corrected chi connectivity index (χ2v) is 6.31. The molecule has 2 amide bonds. The number of carbonyl (C=O) groups excluding carboxylic acids is 2. The second kappa shape index (κ2) is 7.88. The first kappa shape index (κ1) is 17.8. The summed E-state index contributed by atoms with van der Waals surface area (Å²) >= 11 is 0. The molecule has 6 nitrogen and oxygen atoms in total. The van der Waals surface area contributed by atoms with Gasteiger partial charge in [-0.15, -0.1) is 0 Å². The Labute approximate surface area is 144 Å². The fourth-order valence-corrected chi connectivity index (χ4v) is 2.88. The van der Waals surface area contributed by atoms with Crippen molar-refractivity contribution >= 4 is 17.5 Å². The SMILES string of the molecule is O=C(NCCN1CCOCC1)C1CC1C(=O)Nc1ccc(F)cc1F. The summed E-state index contributed by atoms with van der Waals surface area (Å²) in [5, 5.41) is 5.24. The van der Waals surface area contributed by atoms with Crippen LogP contribution in [0.4, 0.5) is 14.5 Å². The van der Waals surface area contributed by atoms with E-state index in [0.29, 0.717) is 32.2 Å². The Kier molecular flexibility index (Phi) is 5.60. The average Bonchev–Trinajstić information content (AvgIpc) is 3.39. The third kappa shape index (κ3) is 4.73. The first-order valence-corrected chi connectivity index (χ1v) is 8.38. The maximum absolute atomic E-state index is 13.5. The van der Waals surface area contributed by atoms with Gasteiger partial charge in [0.15, 0.2) is 0 Å². The summed E-state index contributed by atoms with van der Waals surface area (Å²) in [5.41, 5.74) is -0.0789. The average molecular weight is 353 g/mol. The lowest BCUT2D eigenvalue weighted by molar-refractivity contribution is -0.125. The predicted molar refractivity (Wildman–Crippen MR) is 86.9 cm³/mol. The van der Waals surface area contributed by atoms with Gasteiger partial charge >= 0.3 is 0 Å². The Morgan fingerprint density at radius 1 is 1.16 bits per heavy atom. The number of anilines is 1. The van der Waals surface area contributed by atoms with Gasteiger partial charge < -0.3 is 15.4 Å². The number of benzene rings is 1. The summed E-state index contributed by atoms with van der Waals surface area (Å²) < 4.78 is 31.7.